The maximum absolute atomic E-state index is 13.3. The van der Waals surface area contributed by atoms with Crippen LogP contribution < -0.4 is 5.32 Å². The molecule has 0 saturated carbocycles. The summed E-state index contributed by atoms with van der Waals surface area (Å²) in [5, 5.41) is 3.35. The molecule has 0 heterocycles. The number of benzene rings is 2. The van der Waals surface area contributed by atoms with Gasteiger partial charge in [0.2, 0.25) is 0 Å². The van der Waals surface area contributed by atoms with E-state index in [2.05, 4.69) is 29.6 Å². The van der Waals surface area contributed by atoms with Crippen LogP contribution in [0.4, 0.5) is 10.1 Å². The zero-order valence-corrected chi connectivity index (χ0v) is 11.6. The van der Waals surface area contributed by atoms with E-state index in [9.17, 15) is 4.39 Å². The number of hydrogen-bond donors (Lipinski definition) is 1. The summed E-state index contributed by atoms with van der Waals surface area (Å²) in [6, 6.07) is 11.5. The standard InChI is InChI=1S/C15H12Cl2FN/c16-13-6-11(7-14(17)15(13)18)19-8-10-5-9-3-1-2-4-12(9)10/h1-4,6-7,10,19H,5,8H2. The number of rotatable bonds is 3. The second kappa shape index (κ2) is 5.03. The minimum Gasteiger partial charge on any atom is -0.384 e. The fourth-order valence-corrected chi connectivity index (χ4v) is 2.93. The Balaban J connectivity index is 1.68. The minimum absolute atomic E-state index is 0.0454. The Bertz CT molecular complexity index is 604. The molecule has 0 radical (unpaired) electrons. The Hall–Kier alpha value is -1.25. The van der Waals surface area contributed by atoms with Gasteiger partial charge in [0, 0.05) is 18.2 Å². The van der Waals surface area contributed by atoms with E-state index < -0.39 is 5.82 Å². The Kier molecular flexibility index (Phi) is 3.38. The highest BCUT2D eigenvalue weighted by atomic mass is 35.5. The molecule has 0 saturated heterocycles. The maximum Gasteiger partial charge on any atom is 0.160 e. The van der Waals surface area contributed by atoms with Crippen LogP contribution in [0.3, 0.4) is 0 Å². The van der Waals surface area contributed by atoms with E-state index in [1.54, 1.807) is 12.1 Å². The molecule has 2 aromatic carbocycles. The van der Waals surface area contributed by atoms with E-state index >= 15 is 0 Å². The molecule has 1 atom stereocenters. The molecule has 1 aliphatic rings. The van der Waals surface area contributed by atoms with Crippen molar-refractivity contribution in [2.75, 3.05) is 11.9 Å². The van der Waals surface area contributed by atoms with Crippen molar-refractivity contribution in [2.24, 2.45) is 0 Å². The summed E-state index contributed by atoms with van der Waals surface area (Å²) < 4.78 is 13.3. The van der Waals surface area contributed by atoms with E-state index in [0.717, 1.165) is 18.7 Å². The average Bonchev–Trinajstić information content (AvgIpc) is 2.37. The molecule has 4 heteroatoms. The third kappa shape index (κ3) is 2.43. The van der Waals surface area contributed by atoms with E-state index in [0.29, 0.717) is 5.92 Å². The first kappa shape index (κ1) is 12.8. The first-order valence-electron chi connectivity index (χ1n) is 6.11. The Labute approximate surface area is 121 Å². The third-order valence-corrected chi connectivity index (χ3v) is 4.05. The lowest BCUT2D eigenvalue weighted by atomic mass is 9.77. The molecule has 1 nitrogen and oxygen atoms in total. The number of halogens is 3. The Morgan fingerprint density at radius 2 is 1.84 bits per heavy atom. The Morgan fingerprint density at radius 3 is 2.53 bits per heavy atom. The average molecular weight is 296 g/mol. The molecular formula is C15H12Cl2FN. The van der Waals surface area contributed by atoms with Crippen molar-refractivity contribution in [3.05, 3.63) is 63.4 Å². The fraction of sp³-hybridized carbons (Fsp3) is 0.200. The molecule has 0 spiro atoms. The molecule has 98 valence electrons. The van der Waals surface area contributed by atoms with E-state index in [-0.39, 0.29) is 10.0 Å². The van der Waals surface area contributed by atoms with Gasteiger partial charge in [0.25, 0.3) is 0 Å². The van der Waals surface area contributed by atoms with Gasteiger partial charge in [0.1, 0.15) is 0 Å². The number of hydrogen-bond acceptors (Lipinski definition) is 1. The van der Waals surface area contributed by atoms with Crippen molar-refractivity contribution >= 4 is 28.9 Å². The van der Waals surface area contributed by atoms with Gasteiger partial charge in [-0.25, -0.2) is 4.39 Å². The maximum atomic E-state index is 13.3. The summed E-state index contributed by atoms with van der Waals surface area (Å²) in [6.07, 6.45) is 1.08. The molecule has 0 aliphatic heterocycles. The quantitative estimate of drug-likeness (QED) is 0.796. The summed E-state index contributed by atoms with van der Waals surface area (Å²) >= 11 is 11.5. The van der Waals surface area contributed by atoms with Crippen LogP contribution in [0.2, 0.25) is 10.0 Å². The number of fused-ring (bicyclic) bond motifs is 1. The largest absolute Gasteiger partial charge is 0.384 e. The van der Waals surface area contributed by atoms with Crippen LogP contribution in [-0.4, -0.2) is 6.54 Å². The molecule has 1 unspecified atom stereocenters. The molecule has 19 heavy (non-hydrogen) atoms. The van der Waals surface area contributed by atoms with Crippen LogP contribution in [0.5, 0.6) is 0 Å². The van der Waals surface area contributed by atoms with Crippen molar-refractivity contribution in [3.63, 3.8) is 0 Å². The predicted octanol–water partition coefficient (Wildman–Crippen LogP) is 4.88. The lowest BCUT2D eigenvalue weighted by Gasteiger charge is -2.30. The van der Waals surface area contributed by atoms with Gasteiger partial charge in [0.05, 0.1) is 10.0 Å². The minimum atomic E-state index is -0.567. The number of nitrogens with one attached hydrogen (secondary N) is 1. The lowest BCUT2D eigenvalue weighted by molar-refractivity contribution is 0.627. The van der Waals surface area contributed by atoms with Gasteiger partial charge in [0.15, 0.2) is 5.82 Å². The predicted molar refractivity (Wildman–Crippen MR) is 77.8 cm³/mol. The van der Waals surface area contributed by atoms with Crippen LogP contribution >= 0.6 is 23.2 Å². The summed E-state index contributed by atoms with van der Waals surface area (Å²) in [5.74, 6) is -0.0679. The molecule has 2 aromatic rings. The van der Waals surface area contributed by atoms with Crippen LogP contribution in [0, 0.1) is 5.82 Å². The second-order valence-corrected chi connectivity index (χ2v) is 5.55. The monoisotopic (exact) mass is 295 g/mol. The van der Waals surface area contributed by atoms with Crippen molar-refractivity contribution in [1.82, 2.24) is 0 Å². The van der Waals surface area contributed by atoms with Gasteiger partial charge in [-0.15, -0.1) is 0 Å². The zero-order chi connectivity index (χ0) is 13.4. The highest BCUT2D eigenvalue weighted by Gasteiger charge is 2.24. The first-order valence-corrected chi connectivity index (χ1v) is 6.87. The van der Waals surface area contributed by atoms with Crippen molar-refractivity contribution in [1.29, 1.82) is 0 Å². The molecule has 1 N–H and O–H groups in total. The van der Waals surface area contributed by atoms with Gasteiger partial charge < -0.3 is 5.32 Å². The van der Waals surface area contributed by atoms with E-state index in [4.69, 9.17) is 23.2 Å². The molecule has 3 rings (SSSR count). The summed E-state index contributed by atoms with van der Waals surface area (Å²) in [7, 11) is 0. The zero-order valence-electron chi connectivity index (χ0n) is 10.1. The summed E-state index contributed by atoms with van der Waals surface area (Å²) in [6.45, 7) is 0.801. The highest BCUT2D eigenvalue weighted by Crippen LogP contribution is 2.35. The molecule has 0 fully saturated rings. The first-order chi connectivity index (χ1) is 9.15. The van der Waals surface area contributed by atoms with E-state index in [1.807, 2.05) is 0 Å². The smallest absolute Gasteiger partial charge is 0.160 e. The van der Waals surface area contributed by atoms with Crippen LogP contribution in [0.15, 0.2) is 36.4 Å². The SMILES string of the molecule is Fc1c(Cl)cc(NCC2Cc3ccccc32)cc1Cl. The molecule has 0 bridgehead atoms. The topological polar surface area (TPSA) is 12.0 Å². The molecule has 1 aliphatic carbocycles. The van der Waals surface area contributed by atoms with Gasteiger partial charge in [-0.2, -0.15) is 0 Å². The fourth-order valence-electron chi connectivity index (χ4n) is 2.44. The van der Waals surface area contributed by atoms with Crippen LogP contribution in [0.25, 0.3) is 0 Å². The van der Waals surface area contributed by atoms with Crippen LogP contribution in [0.1, 0.15) is 17.0 Å². The normalized spacial score (nSPS) is 16.7. The molecule has 0 amide bonds. The molecular weight excluding hydrogens is 284 g/mol. The summed E-state index contributed by atoms with van der Waals surface area (Å²) in [4.78, 5) is 0. The summed E-state index contributed by atoms with van der Waals surface area (Å²) in [5.41, 5.74) is 3.54. The van der Waals surface area contributed by atoms with Gasteiger partial charge in [-0.05, 0) is 29.7 Å². The van der Waals surface area contributed by atoms with Gasteiger partial charge >= 0.3 is 0 Å². The van der Waals surface area contributed by atoms with Gasteiger partial charge in [-0.3, -0.25) is 0 Å². The lowest BCUT2D eigenvalue weighted by Crippen LogP contribution is -2.24. The van der Waals surface area contributed by atoms with Crippen LogP contribution in [-0.2, 0) is 6.42 Å². The van der Waals surface area contributed by atoms with Crippen molar-refractivity contribution in [2.45, 2.75) is 12.3 Å². The van der Waals surface area contributed by atoms with Gasteiger partial charge in [-0.1, -0.05) is 47.5 Å². The highest BCUT2D eigenvalue weighted by molar-refractivity contribution is 6.35. The van der Waals surface area contributed by atoms with E-state index in [1.165, 1.54) is 11.1 Å². The Morgan fingerprint density at radius 1 is 1.16 bits per heavy atom. The van der Waals surface area contributed by atoms with Crippen molar-refractivity contribution in [3.8, 4) is 0 Å². The van der Waals surface area contributed by atoms with Crippen molar-refractivity contribution < 1.29 is 4.39 Å². The third-order valence-electron chi connectivity index (χ3n) is 3.50. The second-order valence-electron chi connectivity index (χ2n) is 4.73. The molecule has 0 aromatic heterocycles. The number of anilines is 1.